The fourth-order valence-electron chi connectivity index (χ4n) is 3.29. The minimum absolute atomic E-state index is 0.214. The summed E-state index contributed by atoms with van der Waals surface area (Å²) in [4.78, 5) is 11.5. The second kappa shape index (κ2) is 3.92. The highest BCUT2D eigenvalue weighted by molar-refractivity contribution is 5.80. The SMILES string of the molecule is CCCC1CC(=O)NC12CCCCC2. The molecule has 2 aliphatic rings. The fraction of sp³-hybridized carbons (Fsp3) is 0.917. The van der Waals surface area contributed by atoms with Gasteiger partial charge in [-0.3, -0.25) is 4.79 Å². The van der Waals surface area contributed by atoms with Crippen molar-refractivity contribution in [3.63, 3.8) is 0 Å². The van der Waals surface area contributed by atoms with E-state index in [0.29, 0.717) is 11.8 Å². The Bertz CT molecular complexity index is 218. The average Bonchev–Trinajstić information content (AvgIpc) is 2.45. The maximum atomic E-state index is 11.5. The zero-order valence-electron chi connectivity index (χ0n) is 9.14. The van der Waals surface area contributed by atoms with Crippen LogP contribution in [0.3, 0.4) is 0 Å². The van der Waals surface area contributed by atoms with E-state index in [0.717, 1.165) is 6.42 Å². The first-order chi connectivity index (χ1) is 6.77. The summed E-state index contributed by atoms with van der Waals surface area (Å²) < 4.78 is 0. The second-order valence-corrected chi connectivity index (χ2v) is 4.95. The lowest BCUT2D eigenvalue weighted by Crippen LogP contribution is -2.47. The van der Waals surface area contributed by atoms with E-state index < -0.39 is 0 Å². The van der Waals surface area contributed by atoms with Gasteiger partial charge in [0.2, 0.25) is 5.91 Å². The summed E-state index contributed by atoms with van der Waals surface area (Å²) in [7, 11) is 0. The van der Waals surface area contributed by atoms with Crippen LogP contribution in [0.25, 0.3) is 0 Å². The number of carbonyl (C=O) groups is 1. The summed E-state index contributed by atoms with van der Waals surface area (Å²) in [5, 5.41) is 3.27. The van der Waals surface area contributed by atoms with Gasteiger partial charge in [-0.05, 0) is 25.2 Å². The Hall–Kier alpha value is -0.530. The number of hydrogen-bond donors (Lipinski definition) is 1. The molecule has 2 nitrogen and oxygen atoms in total. The van der Waals surface area contributed by atoms with Crippen molar-refractivity contribution in [2.24, 2.45) is 5.92 Å². The van der Waals surface area contributed by atoms with Crippen molar-refractivity contribution in [2.75, 3.05) is 0 Å². The summed E-state index contributed by atoms with van der Waals surface area (Å²) in [6.07, 6.45) is 9.64. The van der Waals surface area contributed by atoms with Gasteiger partial charge < -0.3 is 5.32 Å². The molecule has 0 aromatic carbocycles. The molecule has 1 amide bonds. The zero-order valence-corrected chi connectivity index (χ0v) is 9.14. The molecule has 1 heterocycles. The van der Waals surface area contributed by atoms with Crippen molar-refractivity contribution in [3.05, 3.63) is 0 Å². The molecular weight excluding hydrogens is 174 g/mol. The number of nitrogens with one attached hydrogen (secondary N) is 1. The van der Waals surface area contributed by atoms with Crippen LogP contribution in [0.2, 0.25) is 0 Å². The molecule has 0 aromatic rings. The molecule has 2 fully saturated rings. The van der Waals surface area contributed by atoms with Gasteiger partial charge >= 0.3 is 0 Å². The van der Waals surface area contributed by atoms with Crippen LogP contribution >= 0.6 is 0 Å². The van der Waals surface area contributed by atoms with Crippen molar-refractivity contribution < 1.29 is 4.79 Å². The molecule has 1 unspecified atom stereocenters. The van der Waals surface area contributed by atoms with Crippen molar-refractivity contribution >= 4 is 5.91 Å². The van der Waals surface area contributed by atoms with Gasteiger partial charge in [0.15, 0.2) is 0 Å². The van der Waals surface area contributed by atoms with Crippen molar-refractivity contribution in [3.8, 4) is 0 Å². The van der Waals surface area contributed by atoms with Gasteiger partial charge in [-0.2, -0.15) is 0 Å². The summed E-state index contributed by atoms with van der Waals surface area (Å²) in [6.45, 7) is 2.22. The Morgan fingerprint density at radius 1 is 1.36 bits per heavy atom. The Kier molecular flexibility index (Phi) is 2.80. The highest BCUT2D eigenvalue weighted by Crippen LogP contribution is 2.41. The first-order valence-corrected chi connectivity index (χ1v) is 6.08. The van der Waals surface area contributed by atoms with E-state index in [1.807, 2.05) is 0 Å². The summed E-state index contributed by atoms with van der Waals surface area (Å²) in [5.74, 6) is 0.922. The Morgan fingerprint density at radius 3 is 2.71 bits per heavy atom. The van der Waals surface area contributed by atoms with Crippen molar-refractivity contribution in [1.82, 2.24) is 5.32 Å². The van der Waals surface area contributed by atoms with Crippen LogP contribution in [0.5, 0.6) is 0 Å². The fourth-order valence-corrected chi connectivity index (χ4v) is 3.29. The van der Waals surface area contributed by atoms with Crippen LogP contribution in [-0.4, -0.2) is 11.4 Å². The monoisotopic (exact) mass is 195 g/mol. The predicted octanol–water partition coefficient (Wildman–Crippen LogP) is 2.63. The van der Waals surface area contributed by atoms with E-state index in [2.05, 4.69) is 12.2 Å². The van der Waals surface area contributed by atoms with Gasteiger partial charge in [0.1, 0.15) is 0 Å². The molecule has 1 N–H and O–H groups in total. The minimum Gasteiger partial charge on any atom is -0.350 e. The first-order valence-electron chi connectivity index (χ1n) is 6.08. The largest absolute Gasteiger partial charge is 0.350 e. The molecule has 14 heavy (non-hydrogen) atoms. The van der Waals surface area contributed by atoms with E-state index in [9.17, 15) is 4.79 Å². The number of amides is 1. The van der Waals surface area contributed by atoms with Gasteiger partial charge in [0.25, 0.3) is 0 Å². The lowest BCUT2D eigenvalue weighted by atomic mass is 9.72. The quantitative estimate of drug-likeness (QED) is 0.721. The van der Waals surface area contributed by atoms with Crippen LogP contribution in [0.4, 0.5) is 0 Å². The van der Waals surface area contributed by atoms with E-state index in [1.165, 1.54) is 44.9 Å². The normalized spacial score (nSPS) is 30.6. The number of carbonyl (C=O) groups excluding carboxylic acids is 1. The van der Waals surface area contributed by atoms with E-state index in [-0.39, 0.29) is 5.54 Å². The van der Waals surface area contributed by atoms with Gasteiger partial charge in [-0.1, -0.05) is 32.6 Å². The average molecular weight is 195 g/mol. The summed E-state index contributed by atoms with van der Waals surface area (Å²) in [6, 6.07) is 0. The minimum atomic E-state index is 0.214. The molecule has 1 atom stereocenters. The second-order valence-electron chi connectivity index (χ2n) is 4.95. The molecule has 0 radical (unpaired) electrons. The topological polar surface area (TPSA) is 29.1 Å². The third-order valence-corrected chi connectivity index (χ3v) is 3.98. The molecule has 1 saturated carbocycles. The Balaban J connectivity index is 2.09. The lowest BCUT2D eigenvalue weighted by Gasteiger charge is -2.38. The summed E-state index contributed by atoms with van der Waals surface area (Å²) in [5.41, 5.74) is 0.214. The number of rotatable bonds is 2. The molecule has 0 aromatic heterocycles. The predicted molar refractivity (Wildman–Crippen MR) is 57.0 cm³/mol. The molecular formula is C12H21NO. The Labute approximate surface area is 86.5 Å². The van der Waals surface area contributed by atoms with Crippen molar-refractivity contribution in [1.29, 1.82) is 0 Å². The lowest BCUT2D eigenvalue weighted by molar-refractivity contribution is -0.120. The van der Waals surface area contributed by atoms with Gasteiger partial charge in [0, 0.05) is 12.0 Å². The molecule has 0 bridgehead atoms. The maximum absolute atomic E-state index is 11.5. The summed E-state index contributed by atoms with van der Waals surface area (Å²) >= 11 is 0. The van der Waals surface area contributed by atoms with Crippen LogP contribution in [0.15, 0.2) is 0 Å². The van der Waals surface area contributed by atoms with E-state index >= 15 is 0 Å². The van der Waals surface area contributed by atoms with Crippen LogP contribution < -0.4 is 5.32 Å². The molecule has 2 rings (SSSR count). The molecule has 1 aliphatic heterocycles. The van der Waals surface area contributed by atoms with Gasteiger partial charge in [0.05, 0.1) is 0 Å². The zero-order chi connectivity index (χ0) is 10.0. The first kappa shape index (κ1) is 10.0. The van der Waals surface area contributed by atoms with E-state index in [1.54, 1.807) is 0 Å². The van der Waals surface area contributed by atoms with Crippen LogP contribution in [0.1, 0.15) is 58.3 Å². The van der Waals surface area contributed by atoms with Gasteiger partial charge in [-0.25, -0.2) is 0 Å². The van der Waals surface area contributed by atoms with Gasteiger partial charge in [-0.15, -0.1) is 0 Å². The molecule has 1 saturated heterocycles. The maximum Gasteiger partial charge on any atom is 0.220 e. The van der Waals surface area contributed by atoms with Crippen molar-refractivity contribution in [2.45, 2.75) is 63.8 Å². The highest BCUT2D eigenvalue weighted by Gasteiger charge is 2.45. The van der Waals surface area contributed by atoms with Crippen LogP contribution in [0, 0.1) is 5.92 Å². The number of hydrogen-bond acceptors (Lipinski definition) is 1. The highest BCUT2D eigenvalue weighted by atomic mass is 16.2. The smallest absolute Gasteiger partial charge is 0.220 e. The third kappa shape index (κ3) is 1.67. The molecule has 80 valence electrons. The molecule has 1 spiro atoms. The molecule has 2 heteroatoms. The van der Waals surface area contributed by atoms with E-state index in [4.69, 9.17) is 0 Å². The third-order valence-electron chi connectivity index (χ3n) is 3.98. The van der Waals surface area contributed by atoms with Crippen LogP contribution in [-0.2, 0) is 4.79 Å². The molecule has 1 aliphatic carbocycles. The standard InChI is InChI=1S/C12H21NO/c1-2-6-10-9-11(14)13-12(10)7-4-3-5-8-12/h10H,2-9H2,1H3,(H,13,14). The Morgan fingerprint density at radius 2 is 2.07 bits per heavy atom.